The van der Waals surface area contributed by atoms with Crippen molar-refractivity contribution < 1.29 is 33.9 Å². The Morgan fingerprint density at radius 3 is 1.89 bits per heavy atom. The summed E-state index contributed by atoms with van der Waals surface area (Å²) in [7, 11) is 0. The summed E-state index contributed by atoms with van der Waals surface area (Å²) < 4.78 is 5.20. The number of carbonyl (C=O) groups is 4. The third-order valence-electron chi connectivity index (χ3n) is 6.26. The minimum atomic E-state index is -0.793. The molecule has 142 valence electrons. The van der Waals surface area contributed by atoms with Crippen molar-refractivity contribution in [3.63, 3.8) is 0 Å². The lowest BCUT2D eigenvalue weighted by atomic mass is 9.54. The Balaban J connectivity index is 1.34. The Hall–Kier alpha value is -2.74. The summed E-state index contributed by atoms with van der Waals surface area (Å²) in [5, 5.41) is 10.0. The van der Waals surface area contributed by atoms with E-state index in [1.807, 2.05) is 0 Å². The Labute approximate surface area is 155 Å². The molecule has 0 atom stereocenters. The maximum Gasteiger partial charge on any atom is 0.314 e. The van der Waals surface area contributed by atoms with Crippen molar-refractivity contribution >= 4 is 23.8 Å². The fourth-order valence-corrected chi connectivity index (χ4v) is 4.38. The number of carboxylic acids is 1. The number of hydrogen-bond donors (Lipinski definition) is 1. The van der Waals surface area contributed by atoms with Crippen LogP contribution in [0.1, 0.15) is 59.2 Å². The highest BCUT2D eigenvalue weighted by Gasteiger charge is 2.56. The van der Waals surface area contributed by atoms with Crippen LogP contribution in [0.4, 0.5) is 0 Å². The van der Waals surface area contributed by atoms with Crippen LogP contribution in [0.2, 0.25) is 0 Å². The van der Waals surface area contributed by atoms with Crippen LogP contribution in [0.3, 0.4) is 0 Å². The standard InChI is InChI=1S/C19H19NO7/c21-14-12-3-1-2-4-13(12)15(22)20(14)27-11-26-17(25)19-8-5-18(6-9-19,7-10-19)16(23)24/h1-4H,5-11H2,(H,23,24). The average molecular weight is 373 g/mol. The van der Waals surface area contributed by atoms with E-state index in [9.17, 15) is 24.3 Å². The number of carbonyl (C=O) groups excluding carboxylic acids is 3. The van der Waals surface area contributed by atoms with Crippen molar-refractivity contribution in [1.82, 2.24) is 5.06 Å². The molecular weight excluding hydrogens is 354 g/mol. The third kappa shape index (κ3) is 2.63. The summed E-state index contributed by atoms with van der Waals surface area (Å²) >= 11 is 0. The molecule has 3 fully saturated rings. The predicted octanol–water partition coefficient (Wildman–Crippen LogP) is 2.14. The molecule has 0 radical (unpaired) electrons. The quantitative estimate of drug-likeness (QED) is 0.478. The molecule has 0 aromatic heterocycles. The van der Waals surface area contributed by atoms with E-state index in [0.29, 0.717) is 43.6 Å². The van der Waals surface area contributed by atoms with Gasteiger partial charge >= 0.3 is 11.9 Å². The zero-order valence-corrected chi connectivity index (χ0v) is 14.6. The van der Waals surface area contributed by atoms with Gasteiger partial charge in [-0.1, -0.05) is 12.1 Å². The van der Waals surface area contributed by atoms with Crippen LogP contribution in [-0.4, -0.2) is 40.7 Å². The summed E-state index contributed by atoms with van der Waals surface area (Å²) in [5.41, 5.74) is -0.907. The van der Waals surface area contributed by atoms with Crippen LogP contribution in [0, 0.1) is 10.8 Å². The smallest absolute Gasteiger partial charge is 0.314 e. The van der Waals surface area contributed by atoms with Crippen LogP contribution in [0.25, 0.3) is 0 Å². The monoisotopic (exact) mass is 373 g/mol. The largest absolute Gasteiger partial charge is 0.481 e. The van der Waals surface area contributed by atoms with Crippen molar-refractivity contribution in [1.29, 1.82) is 0 Å². The number of fused-ring (bicyclic) bond motifs is 4. The number of ether oxygens (including phenoxy) is 1. The maximum atomic E-state index is 12.6. The Morgan fingerprint density at radius 1 is 0.926 bits per heavy atom. The van der Waals surface area contributed by atoms with Gasteiger partial charge in [0.15, 0.2) is 0 Å². The maximum absolute atomic E-state index is 12.6. The molecule has 2 bridgehead atoms. The van der Waals surface area contributed by atoms with Gasteiger partial charge in [-0.3, -0.25) is 19.2 Å². The first-order chi connectivity index (χ1) is 12.9. The zero-order valence-electron chi connectivity index (χ0n) is 14.6. The second kappa shape index (κ2) is 6.16. The fourth-order valence-electron chi connectivity index (χ4n) is 4.38. The lowest BCUT2D eigenvalue weighted by molar-refractivity contribution is -0.202. The molecule has 1 heterocycles. The number of hydroxylamine groups is 2. The molecule has 5 rings (SSSR count). The third-order valence-corrected chi connectivity index (χ3v) is 6.26. The first-order valence-electron chi connectivity index (χ1n) is 8.90. The van der Waals surface area contributed by atoms with Gasteiger partial charge in [-0.15, -0.1) is 5.06 Å². The van der Waals surface area contributed by atoms with Gasteiger partial charge in [0.05, 0.1) is 22.0 Å². The summed E-state index contributed by atoms with van der Waals surface area (Å²) in [5.74, 6) is -2.44. The number of esters is 1. The SMILES string of the molecule is O=C1c2ccccc2C(=O)N1OCOC(=O)C12CCC(C(=O)O)(CC1)CC2. The molecule has 1 aromatic carbocycles. The van der Waals surface area contributed by atoms with E-state index in [-0.39, 0.29) is 11.1 Å². The molecule has 1 aromatic rings. The van der Waals surface area contributed by atoms with E-state index in [1.165, 1.54) is 12.1 Å². The van der Waals surface area contributed by atoms with Gasteiger partial charge < -0.3 is 9.84 Å². The molecule has 0 unspecified atom stereocenters. The van der Waals surface area contributed by atoms with Gasteiger partial charge in [0.25, 0.3) is 11.8 Å². The number of carboxylic acid groups (broad SMARTS) is 1. The van der Waals surface area contributed by atoms with E-state index in [2.05, 4.69) is 0 Å². The summed E-state index contributed by atoms with van der Waals surface area (Å²) in [4.78, 5) is 53.6. The molecular formula is C19H19NO7. The average Bonchev–Trinajstić information content (AvgIpc) is 2.94. The van der Waals surface area contributed by atoms with Crippen LogP contribution >= 0.6 is 0 Å². The molecule has 4 aliphatic rings. The first kappa shape index (κ1) is 17.7. The van der Waals surface area contributed by atoms with Crippen LogP contribution in [0.5, 0.6) is 0 Å². The first-order valence-corrected chi connectivity index (χ1v) is 8.90. The zero-order chi connectivity index (χ0) is 19.2. The molecule has 3 saturated carbocycles. The predicted molar refractivity (Wildman–Crippen MR) is 89.2 cm³/mol. The lowest BCUT2D eigenvalue weighted by Gasteiger charge is -2.49. The Kier molecular flexibility index (Phi) is 4.03. The summed E-state index contributed by atoms with van der Waals surface area (Å²) in [6.07, 6.45) is 2.76. The van der Waals surface area contributed by atoms with Crippen molar-refractivity contribution in [3.05, 3.63) is 35.4 Å². The number of aliphatic carboxylic acids is 1. The number of amides is 2. The molecule has 8 heteroatoms. The normalized spacial score (nSPS) is 29.0. The highest BCUT2D eigenvalue weighted by atomic mass is 16.8. The van der Waals surface area contributed by atoms with Crippen molar-refractivity contribution in [2.45, 2.75) is 38.5 Å². The topological polar surface area (TPSA) is 110 Å². The second-order valence-electron chi connectivity index (χ2n) is 7.49. The minimum absolute atomic E-state index is 0.247. The van der Waals surface area contributed by atoms with Crippen LogP contribution in [-0.2, 0) is 19.2 Å². The van der Waals surface area contributed by atoms with Crippen molar-refractivity contribution in [2.24, 2.45) is 10.8 Å². The molecule has 0 saturated heterocycles. The van der Waals surface area contributed by atoms with Crippen molar-refractivity contribution in [2.75, 3.05) is 6.79 Å². The van der Waals surface area contributed by atoms with Gasteiger partial charge in [0.2, 0.25) is 6.79 Å². The van der Waals surface area contributed by atoms with Gasteiger partial charge in [0, 0.05) is 0 Å². The molecule has 1 N–H and O–H groups in total. The van der Waals surface area contributed by atoms with E-state index in [1.54, 1.807) is 12.1 Å². The van der Waals surface area contributed by atoms with Gasteiger partial charge in [0.1, 0.15) is 0 Å². The summed E-state index contributed by atoms with van der Waals surface area (Å²) in [6, 6.07) is 6.36. The van der Waals surface area contributed by atoms with E-state index >= 15 is 0 Å². The van der Waals surface area contributed by atoms with Gasteiger partial charge in [-0.25, -0.2) is 4.84 Å². The highest BCUT2D eigenvalue weighted by molar-refractivity contribution is 6.20. The van der Waals surface area contributed by atoms with Gasteiger partial charge in [-0.2, -0.15) is 0 Å². The highest BCUT2D eigenvalue weighted by Crippen LogP contribution is 2.57. The number of benzene rings is 1. The molecule has 1 aliphatic heterocycles. The number of hydrogen-bond acceptors (Lipinski definition) is 6. The van der Waals surface area contributed by atoms with E-state index < -0.39 is 41.4 Å². The number of nitrogens with zero attached hydrogens (tertiary/aromatic N) is 1. The number of imide groups is 1. The summed E-state index contributed by atoms with van der Waals surface area (Å²) in [6.45, 7) is -0.546. The van der Waals surface area contributed by atoms with E-state index in [4.69, 9.17) is 9.57 Å². The Bertz CT molecular complexity index is 787. The molecule has 0 spiro atoms. The van der Waals surface area contributed by atoms with Gasteiger partial charge in [-0.05, 0) is 50.7 Å². The molecule has 3 aliphatic carbocycles. The van der Waals surface area contributed by atoms with Crippen LogP contribution in [0.15, 0.2) is 24.3 Å². The van der Waals surface area contributed by atoms with Crippen LogP contribution < -0.4 is 0 Å². The lowest BCUT2D eigenvalue weighted by Crippen LogP contribution is -2.49. The second-order valence-corrected chi connectivity index (χ2v) is 7.49. The molecule has 27 heavy (non-hydrogen) atoms. The molecule has 8 nitrogen and oxygen atoms in total. The minimum Gasteiger partial charge on any atom is -0.481 e. The number of rotatable bonds is 5. The van der Waals surface area contributed by atoms with E-state index in [0.717, 1.165) is 0 Å². The Morgan fingerprint density at radius 2 is 1.41 bits per heavy atom. The molecule has 2 amide bonds. The van der Waals surface area contributed by atoms with Crippen molar-refractivity contribution in [3.8, 4) is 0 Å². The fraction of sp³-hybridized carbons (Fsp3) is 0.474.